The summed E-state index contributed by atoms with van der Waals surface area (Å²) in [7, 11) is 3.43. The number of nitrogens with zero attached hydrogens (tertiary/aromatic N) is 1. The van der Waals surface area contributed by atoms with E-state index in [1.54, 1.807) is 14.1 Å². The molecule has 0 rings (SSSR count). The van der Waals surface area contributed by atoms with E-state index in [2.05, 4.69) is 0 Å². The highest BCUT2D eigenvalue weighted by Gasteiger charge is 2.17. The maximum atomic E-state index is 11.1. The van der Waals surface area contributed by atoms with E-state index in [4.69, 9.17) is 5.73 Å². The lowest BCUT2D eigenvalue weighted by Gasteiger charge is -2.19. The molecular formula is C7H16N2O. The average molecular weight is 144 g/mol. The molecule has 0 aromatic heterocycles. The van der Waals surface area contributed by atoms with Crippen molar-refractivity contribution in [3.05, 3.63) is 0 Å². The van der Waals surface area contributed by atoms with E-state index in [9.17, 15) is 4.79 Å². The van der Waals surface area contributed by atoms with Crippen LogP contribution < -0.4 is 5.73 Å². The summed E-state index contributed by atoms with van der Waals surface area (Å²) < 4.78 is 0. The molecule has 0 bridgehead atoms. The summed E-state index contributed by atoms with van der Waals surface area (Å²) in [5.74, 6) is 0.213. The minimum Gasteiger partial charge on any atom is -0.347 e. The second kappa shape index (κ2) is 3.56. The predicted molar refractivity (Wildman–Crippen MR) is 41.5 cm³/mol. The molecule has 0 spiro atoms. The van der Waals surface area contributed by atoms with Crippen molar-refractivity contribution in [2.24, 2.45) is 11.7 Å². The van der Waals surface area contributed by atoms with Crippen LogP contribution in [0.1, 0.15) is 13.8 Å². The Hall–Kier alpha value is -0.570. The molecule has 0 aliphatic carbocycles. The molecule has 10 heavy (non-hydrogen) atoms. The summed E-state index contributed by atoms with van der Waals surface area (Å²) in [6.45, 7) is 3.87. The summed E-state index contributed by atoms with van der Waals surface area (Å²) in [5, 5.41) is 0. The van der Waals surface area contributed by atoms with E-state index < -0.39 is 0 Å². The van der Waals surface area contributed by atoms with Crippen LogP contribution in [-0.4, -0.2) is 30.9 Å². The lowest BCUT2D eigenvalue weighted by Crippen LogP contribution is -2.43. The van der Waals surface area contributed by atoms with Gasteiger partial charge in [-0.2, -0.15) is 0 Å². The van der Waals surface area contributed by atoms with E-state index >= 15 is 0 Å². The molecule has 0 saturated heterocycles. The van der Waals surface area contributed by atoms with Gasteiger partial charge in [0.2, 0.25) is 5.91 Å². The van der Waals surface area contributed by atoms with Crippen LogP contribution in [0.5, 0.6) is 0 Å². The molecule has 0 aromatic rings. The summed E-state index contributed by atoms with van der Waals surface area (Å²) in [6, 6.07) is -0.352. The smallest absolute Gasteiger partial charge is 0.239 e. The lowest BCUT2D eigenvalue weighted by atomic mass is 10.0. The van der Waals surface area contributed by atoms with E-state index in [1.165, 1.54) is 4.90 Å². The number of rotatable bonds is 2. The van der Waals surface area contributed by atoms with Crippen LogP contribution in [0.2, 0.25) is 0 Å². The maximum absolute atomic E-state index is 11.1. The largest absolute Gasteiger partial charge is 0.347 e. The first kappa shape index (κ1) is 9.43. The molecule has 0 saturated carbocycles. The molecule has 3 nitrogen and oxygen atoms in total. The van der Waals surface area contributed by atoms with Gasteiger partial charge < -0.3 is 10.6 Å². The highest BCUT2D eigenvalue weighted by Crippen LogP contribution is 1.99. The molecular weight excluding hydrogens is 128 g/mol. The number of carbonyl (C=O) groups excluding carboxylic acids is 1. The van der Waals surface area contributed by atoms with Crippen molar-refractivity contribution in [3.8, 4) is 0 Å². The van der Waals surface area contributed by atoms with Gasteiger partial charge in [0.15, 0.2) is 0 Å². The van der Waals surface area contributed by atoms with Crippen LogP contribution in [0.3, 0.4) is 0 Å². The highest BCUT2D eigenvalue weighted by molar-refractivity contribution is 5.81. The molecule has 0 fully saturated rings. The Morgan fingerprint density at radius 1 is 1.40 bits per heavy atom. The summed E-state index contributed by atoms with van der Waals surface area (Å²) in [6.07, 6.45) is 0. The third-order valence-corrected chi connectivity index (χ3v) is 1.44. The van der Waals surface area contributed by atoms with Gasteiger partial charge >= 0.3 is 0 Å². The zero-order valence-corrected chi connectivity index (χ0v) is 7.09. The summed E-state index contributed by atoms with van der Waals surface area (Å²) >= 11 is 0. The Bertz CT molecular complexity index is 121. The number of hydrogen-bond donors (Lipinski definition) is 1. The third-order valence-electron chi connectivity index (χ3n) is 1.44. The molecule has 60 valence electrons. The van der Waals surface area contributed by atoms with Crippen LogP contribution in [0.25, 0.3) is 0 Å². The van der Waals surface area contributed by atoms with E-state index in [0.29, 0.717) is 0 Å². The van der Waals surface area contributed by atoms with Crippen LogP contribution in [-0.2, 0) is 4.79 Å². The molecule has 0 radical (unpaired) electrons. The third kappa shape index (κ3) is 2.35. The Kier molecular flexibility index (Phi) is 3.36. The van der Waals surface area contributed by atoms with Gasteiger partial charge in [-0.3, -0.25) is 4.79 Å². The van der Waals surface area contributed by atoms with Crippen molar-refractivity contribution in [3.63, 3.8) is 0 Å². The minimum absolute atomic E-state index is 0.00463. The molecule has 3 heteroatoms. The van der Waals surface area contributed by atoms with Crippen LogP contribution >= 0.6 is 0 Å². The van der Waals surface area contributed by atoms with Crippen molar-refractivity contribution in [1.82, 2.24) is 4.90 Å². The van der Waals surface area contributed by atoms with Crippen molar-refractivity contribution < 1.29 is 4.79 Å². The Morgan fingerprint density at radius 2 is 1.80 bits per heavy atom. The summed E-state index contributed by atoms with van der Waals surface area (Å²) in [4.78, 5) is 12.6. The topological polar surface area (TPSA) is 46.3 Å². The summed E-state index contributed by atoms with van der Waals surface area (Å²) in [5.41, 5.74) is 5.57. The van der Waals surface area contributed by atoms with E-state index in [1.807, 2.05) is 13.8 Å². The quantitative estimate of drug-likeness (QED) is 0.595. The van der Waals surface area contributed by atoms with Gasteiger partial charge in [-0.25, -0.2) is 0 Å². The maximum Gasteiger partial charge on any atom is 0.239 e. The minimum atomic E-state index is -0.352. The molecule has 1 atom stereocenters. The molecule has 0 aliphatic heterocycles. The fraction of sp³-hybridized carbons (Fsp3) is 0.857. The van der Waals surface area contributed by atoms with Crippen molar-refractivity contribution in [2.75, 3.05) is 14.1 Å². The standard InChI is InChI=1S/C7H16N2O/c1-5(2)6(8)7(10)9(3)4/h5-6H,8H2,1-4H3/t6-/m1/s1. The van der Waals surface area contributed by atoms with E-state index in [-0.39, 0.29) is 17.9 Å². The SMILES string of the molecule is CC(C)[C@@H](N)C(=O)N(C)C. The van der Waals surface area contributed by atoms with Gasteiger partial charge in [-0.15, -0.1) is 0 Å². The average Bonchev–Trinajstić information content (AvgIpc) is 1.84. The Morgan fingerprint density at radius 3 is 1.90 bits per heavy atom. The predicted octanol–water partition coefficient (Wildman–Crippen LogP) is 0.0579. The Balaban J connectivity index is 3.95. The van der Waals surface area contributed by atoms with Gasteiger partial charge in [-0.1, -0.05) is 13.8 Å². The molecule has 0 aromatic carbocycles. The Labute approximate surface area is 62.2 Å². The lowest BCUT2D eigenvalue weighted by molar-refractivity contribution is -0.130. The number of carbonyl (C=O) groups is 1. The number of nitrogens with two attached hydrogens (primary N) is 1. The van der Waals surface area contributed by atoms with Crippen molar-refractivity contribution >= 4 is 5.91 Å². The van der Waals surface area contributed by atoms with Crippen molar-refractivity contribution in [2.45, 2.75) is 19.9 Å². The second-order valence-electron chi connectivity index (χ2n) is 3.00. The second-order valence-corrected chi connectivity index (χ2v) is 3.00. The first-order valence-electron chi connectivity index (χ1n) is 3.43. The monoisotopic (exact) mass is 144 g/mol. The highest BCUT2D eigenvalue weighted by atomic mass is 16.2. The van der Waals surface area contributed by atoms with Gasteiger partial charge in [-0.05, 0) is 5.92 Å². The molecule has 0 unspecified atom stereocenters. The number of amides is 1. The van der Waals surface area contributed by atoms with Crippen molar-refractivity contribution in [1.29, 1.82) is 0 Å². The van der Waals surface area contributed by atoms with E-state index in [0.717, 1.165) is 0 Å². The first-order chi connectivity index (χ1) is 4.46. The van der Waals surface area contributed by atoms with Crippen LogP contribution in [0.15, 0.2) is 0 Å². The number of hydrogen-bond acceptors (Lipinski definition) is 2. The normalized spacial score (nSPS) is 13.4. The first-order valence-corrected chi connectivity index (χ1v) is 3.43. The van der Waals surface area contributed by atoms with Gasteiger partial charge in [0.05, 0.1) is 6.04 Å². The van der Waals surface area contributed by atoms with Crippen LogP contribution in [0, 0.1) is 5.92 Å². The zero-order chi connectivity index (χ0) is 8.31. The molecule has 0 heterocycles. The molecule has 2 N–H and O–H groups in total. The van der Waals surface area contributed by atoms with Crippen LogP contribution in [0.4, 0.5) is 0 Å². The zero-order valence-electron chi connectivity index (χ0n) is 7.09. The molecule has 1 amide bonds. The fourth-order valence-corrected chi connectivity index (χ4v) is 0.583. The van der Waals surface area contributed by atoms with Gasteiger partial charge in [0.25, 0.3) is 0 Å². The number of likely N-dealkylation sites (N-methyl/N-ethyl adjacent to an activating group) is 1. The molecule has 0 aliphatic rings. The van der Waals surface area contributed by atoms with Gasteiger partial charge in [0.1, 0.15) is 0 Å². The van der Waals surface area contributed by atoms with Gasteiger partial charge in [0, 0.05) is 14.1 Å². The fourth-order valence-electron chi connectivity index (χ4n) is 0.583.